The first-order valence-electron chi connectivity index (χ1n) is 6.62. The molecule has 6 heteroatoms. The third kappa shape index (κ3) is 2.83. The SMILES string of the molecule is Cc1cc2cccc(F)c2n1CCNc1nccc(Cl)n1. The van der Waals surface area contributed by atoms with Crippen molar-refractivity contribution >= 4 is 28.5 Å². The molecule has 0 aliphatic heterocycles. The zero-order chi connectivity index (χ0) is 14.8. The minimum atomic E-state index is -0.209. The summed E-state index contributed by atoms with van der Waals surface area (Å²) in [6, 6.07) is 8.71. The van der Waals surface area contributed by atoms with Crippen molar-refractivity contribution in [2.75, 3.05) is 11.9 Å². The van der Waals surface area contributed by atoms with Gasteiger partial charge in [-0.3, -0.25) is 0 Å². The Bertz CT molecular complexity index is 784. The third-order valence-electron chi connectivity index (χ3n) is 3.32. The van der Waals surface area contributed by atoms with E-state index in [0.717, 1.165) is 11.1 Å². The zero-order valence-electron chi connectivity index (χ0n) is 11.5. The number of hydrogen-bond acceptors (Lipinski definition) is 3. The van der Waals surface area contributed by atoms with Gasteiger partial charge in [0.1, 0.15) is 11.0 Å². The van der Waals surface area contributed by atoms with Crippen molar-refractivity contribution in [3.8, 4) is 0 Å². The largest absolute Gasteiger partial charge is 0.352 e. The second kappa shape index (κ2) is 5.69. The molecule has 0 saturated heterocycles. The molecule has 4 nitrogen and oxygen atoms in total. The maximum Gasteiger partial charge on any atom is 0.224 e. The van der Waals surface area contributed by atoms with Crippen molar-refractivity contribution < 1.29 is 4.39 Å². The minimum Gasteiger partial charge on any atom is -0.352 e. The van der Waals surface area contributed by atoms with Gasteiger partial charge < -0.3 is 9.88 Å². The van der Waals surface area contributed by atoms with E-state index in [-0.39, 0.29) is 5.82 Å². The van der Waals surface area contributed by atoms with E-state index in [4.69, 9.17) is 11.6 Å². The molecule has 2 heterocycles. The van der Waals surface area contributed by atoms with Gasteiger partial charge >= 0.3 is 0 Å². The maximum absolute atomic E-state index is 14.0. The monoisotopic (exact) mass is 304 g/mol. The molecule has 0 amide bonds. The van der Waals surface area contributed by atoms with Crippen LogP contribution in [-0.4, -0.2) is 21.1 Å². The molecule has 0 atom stereocenters. The van der Waals surface area contributed by atoms with Crippen LogP contribution in [0.5, 0.6) is 0 Å². The van der Waals surface area contributed by atoms with Gasteiger partial charge in [-0.15, -0.1) is 0 Å². The molecule has 21 heavy (non-hydrogen) atoms. The highest BCUT2D eigenvalue weighted by atomic mass is 35.5. The van der Waals surface area contributed by atoms with Gasteiger partial charge in [0.05, 0.1) is 5.52 Å². The minimum absolute atomic E-state index is 0.209. The average Bonchev–Trinajstić information content (AvgIpc) is 2.76. The van der Waals surface area contributed by atoms with Crippen LogP contribution in [0.15, 0.2) is 36.5 Å². The Labute approximate surface area is 126 Å². The van der Waals surface area contributed by atoms with Crippen molar-refractivity contribution in [3.05, 3.63) is 53.2 Å². The Balaban J connectivity index is 1.78. The number of hydrogen-bond donors (Lipinski definition) is 1. The Morgan fingerprint density at radius 2 is 2.19 bits per heavy atom. The lowest BCUT2D eigenvalue weighted by Crippen LogP contribution is -2.13. The number of nitrogens with zero attached hydrogens (tertiary/aromatic N) is 3. The summed E-state index contributed by atoms with van der Waals surface area (Å²) in [6.07, 6.45) is 1.59. The van der Waals surface area contributed by atoms with E-state index < -0.39 is 0 Å². The molecule has 108 valence electrons. The number of rotatable bonds is 4. The van der Waals surface area contributed by atoms with Crippen LogP contribution in [0.25, 0.3) is 10.9 Å². The lowest BCUT2D eigenvalue weighted by molar-refractivity contribution is 0.621. The molecule has 0 aliphatic carbocycles. The lowest BCUT2D eigenvalue weighted by atomic mass is 10.2. The van der Waals surface area contributed by atoms with Crippen LogP contribution in [0.4, 0.5) is 10.3 Å². The van der Waals surface area contributed by atoms with Crippen LogP contribution in [0.1, 0.15) is 5.69 Å². The van der Waals surface area contributed by atoms with Gasteiger partial charge in [0.25, 0.3) is 0 Å². The number of para-hydroxylation sites is 1. The first-order valence-corrected chi connectivity index (χ1v) is 7.00. The van der Waals surface area contributed by atoms with Gasteiger partial charge in [-0.05, 0) is 25.1 Å². The molecule has 0 aliphatic rings. The normalized spacial score (nSPS) is 11.0. The molecule has 0 fully saturated rings. The van der Waals surface area contributed by atoms with E-state index in [2.05, 4.69) is 15.3 Å². The predicted octanol–water partition coefficient (Wildman–Crippen LogP) is 3.64. The molecule has 1 aromatic carbocycles. The number of halogens is 2. The number of benzene rings is 1. The van der Waals surface area contributed by atoms with Crippen LogP contribution >= 0.6 is 11.6 Å². The first-order chi connectivity index (χ1) is 10.1. The highest BCUT2D eigenvalue weighted by Gasteiger charge is 2.09. The van der Waals surface area contributed by atoms with Crippen molar-refractivity contribution in [1.82, 2.24) is 14.5 Å². The van der Waals surface area contributed by atoms with Crippen molar-refractivity contribution in [2.24, 2.45) is 0 Å². The fraction of sp³-hybridized carbons (Fsp3) is 0.200. The molecule has 0 radical (unpaired) electrons. The smallest absolute Gasteiger partial charge is 0.224 e. The van der Waals surface area contributed by atoms with Gasteiger partial charge in [-0.25, -0.2) is 14.4 Å². The first kappa shape index (κ1) is 13.8. The fourth-order valence-corrected chi connectivity index (χ4v) is 2.54. The topological polar surface area (TPSA) is 42.7 Å². The van der Waals surface area contributed by atoms with Gasteiger partial charge in [0.15, 0.2) is 0 Å². The standard InChI is InChI=1S/C15H14ClFN4/c1-10-9-11-3-2-4-12(17)14(11)21(10)8-7-19-15-18-6-5-13(16)20-15/h2-6,9H,7-8H2,1H3,(H,18,19,20). The predicted molar refractivity (Wildman–Crippen MR) is 82.2 cm³/mol. The zero-order valence-corrected chi connectivity index (χ0v) is 12.2. The third-order valence-corrected chi connectivity index (χ3v) is 3.53. The second-order valence-electron chi connectivity index (χ2n) is 4.74. The highest BCUT2D eigenvalue weighted by molar-refractivity contribution is 6.29. The quantitative estimate of drug-likeness (QED) is 0.748. The molecule has 0 saturated carbocycles. The average molecular weight is 305 g/mol. The molecule has 3 aromatic rings. The van der Waals surface area contributed by atoms with E-state index in [1.165, 1.54) is 6.07 Å². The summed E-state index contributed by atoms with van der Waals surface area (Å²) in [7, 11) is 0. The molecule has 1 N–H and O–H groups in total. The molecule has 0 spiro atoms. The Kier molecular flexibility index (Phi) is 3.75. The Hall–Kier alpha value is -2.14. The number of aryl methyl sites for hydroxylation is 1. The van der Waals surface area contributed by atoms with E-state index in [1.54, 1.807) is 18.3 Å². The summed E-state index contributed by atoms with van der Waals surface area (Å²) in [5, 5.41) is 4.38. The molecular formula is C15H14ClFN4. The summed E-state index contributed by atoms with van der Waals surface area (Å²) >= 11 is 5.80. The highest BCUT2D eigenvalue weighted by Crippen LogP contribution is 2.22. The van der Waals surface area contributed by atoms with Gasteiger partial charge in [-0.2, -0.15) is 0 Å². The Morgan fingerprint density at radius 1 is 1.33 bits per heavy atom. The molecular weight excluding hydrogens is 291 g/mol. The summed E-state index contributed by atoms with van der Waals surface area (Å²) < 4.78 is 15.9. The summed E-state index contributed by atoms with van der Waals surface area (Å²) in [5.74, 6) is 0.261. The summed E-state index contributed by atoms with van der Waals surface area (Å²) in [4.78, 5) is 8.12. The van der Waals surface area contributed by atoms with Crippen LogP contribution in [0, 0.1) is 12.7 Å². The number of anilines is 1. The summed E-state index contributed by atoms with van der Waals surface area (Å²) in [5.41, 5.74) is 1.65. The van der Waals surface area contributed by atoms with Crippen molar-refractivity contribution in [1.29, 1.82) is 0 Å². The fourth-order valence-electron chi connectivity index (χ4n) is 2.40. The van der Waals surface area contributed by atoms with Crippen LogP contribution < -0.4 is 5.32 Å². The van der Waals surface area contributed by atoms with Crippen molar-refractivity contribution in [2.45, 2.75) is 13.5 Å². The van der Waals surface area contributed by atoms with Gasteiger partial charge in [0, 0.05) is 30.4 Å². The second-order valence-corrected chi connectivity index (χ2v) is 5.13. The van der Waals surface area contributed by atoms with E-state index in [0.29, 0.717) is 29.7 Å². The molecule has 2 aromatic heterocycles. The van der Waals surface area contributed by atoms with Crippen LogP contribution in [0.3, 0.4) is 0 Å². The van der Waals surface area contributed by atoms with Crippen LogP contribution in [-0.2, 0) is 6.54 Å². The lowest BCUT2D eigenvalue weighted by Gasteiger charge is -2.10. The van der Waals surface area contributed by atoms with Crippen LogP contribution in [0.2, 0.25) is 5.15 Å². The van der Waals surface area contributed by atoms with Gasteiger partial charge in [0.2, 0.25) is 5.95 Å². The molecule has 0 bridgehead atoms. The Morgan fingerprint density at radius 3 is 3.00 bits per heavy atom. The maximum atomic E-state index is 14.0. The van der Waals surface area contributed by atoms with E-state index >= 15 is 0 Å². The molecule has 3 rings (SSSR count). The number of aromatic nitrogens is 3. The number of nitrogens with one attached hydrogen (secondary N) is 1. The van der Waals surface area contributed by atoms with Crippen molar-refractivity contribution in [3.63, 3.8) is 0 Å². The van der Waals surface area contributed by atoms with E-state index in [1.807, 2.05) is 23.6 Å². The van der Waals surface area contributed by atoms with E-state index in [9.17, 15) is 4.39 Å². The number of fused-ring (bicyclic) bond motifs is 1. The molecule has 0 unspecified atom stereocenters. The van der Waals surface area contributed by atoms with Gasteiger partial charge in [-0.1, -0.05) is 23.7 Å². The summed E-state index contributed by atoms with van der Waals surface area (Å²) in [6.45, 7) is 3.17.